The molecule has 1 aromatic carbocycles. The summed E-state index contributed by atoms with van der Waals surface area (Å²) >= 11 is 3.42. The van der Waals surface area contributed by atoms with E-state index in [0.29, 0.717) is 11.5 Å². The topological polar surface area (TPSA) is 29.1 Å². The number of hydrogen-bond acceptors (Lipinski definition) is 2. The van der Waals surface area contributed by atoms with Crippen molar-refractivity contribution in [1.82, 2.24) is 5.32 Å². The molecule has 0 aliphatic heterocycles. The molecule has 2 nitrogen and oxygen atoms in total. The Morgan fingerprint density at radius 3 is 2.53 bits per heavy atom. The van der Waals surface area contributed by atoms with E-state index < -0.39 is 10.8 Å². The molecule has 0 saturated heterocycles. The van der Waals surface area contributed by atoms with Crippen molar-refractivity contribution in [3.8, 4) is 0 Å². The molecule has 106 valence electrons. The second-order valence-corrected chi connectivity index (χ2v) is 8.68. The van der Waals surface area contributed by atoms with Gasteiger partial charge < -0.3 is 5.32 Å². The summed E-state index contributed by atoms with van der Waals surface area (Å²) < 4.78 is 13.9. The zero-order valence-corrected chi connectivity index (χ0v) is 14.2. The average molecular weight is 344 g/mol. The fourth-order valence-electron chi connectivity index (χ4n) is 2.82. The van der Waals surface area contributed by atoms with Crippen LogP contribution in [0.5, 0.6) is 0 Å². The van der Waals surface area contributed by atoms with Crippen LogP contribution in [0.2, 0.25) is 0 Å². The Hall–Kier alpha value is -0.190. The molecule has 1 saturated carbocycles. The lowest BCUT2D eigenvalue weighted by molar-refractivity contribution is 0.216. The van der Waals surface area contributed by atoms with E-state index in [1.165, 1.54) is 6.42 Å². The van der Waals surface area contributed by atoms with Gasteiger partial charge in [0.2, 0.25) is 0 Å². The van der Waals surface area contributed by atoms with Crippen LogP contribution in [0.15, 0.2) is 33.6 Å². The van der Waals surface area contributed by atoms with Crippen molar-refractivity contribution in [3.05, 3.63) is 28.7 Å². The minimum Gasteiger partial charge on any atom is -0.316 e. The molecule has 2 rings (SSSR count). The van der Waals surface area contributed by atoms with Crippen LogP contribution < -0.4 is 5.32 Å². The lowest BCUT2D eigenvalue weighted by atomic mass is 9.75. The summed E-state index contributed by atoms with van der Waals surface area (Å²) in [5, 5.41) is 3.56. The number of benzene rings is 1. The second kappa shape index (κ2) is 6.06. The molecule has 1 fully saturated rings. The van der Waals surface area contributed by atoms with Gasteiger partial charge in [0, 0.05) is 15.4 Å². The third-order valence-corrected chi connectivity index (χ3v) is 6.34. The first-order valence-electron chi connectivity index (χ1n) is 6.76. The van der Waals surface area contributed by atoms with Crippen molar-refractivity contribution in [3.63, 3.8) is 0 Å². The Bertz CT molecular complexity index is 458. The maximum absolute atomic E-state index is 12.8. The molecule has 0 aromatic heterocycles. The van der Waals surface area contributed by atoms with Crippen molar-refractivity contribution in [2.45, 2.75) is 49.3 Å². The molecular formula is C15H22BrNOS. The van der Waals surface area contributed by atoms with Gasteiger partial charge in [0.05, 0.1) is 16.0 Å². The van der Waals surface area contributed by atoms with Crippen LogP contribution >= 0.6 is 15.9 Å². The molecule has 1 N–H and O–H groups in total. The van der Waals surface area contributed by atoms with Crippen molar-refractivity contribution < 1.29 is 4.21 Å². The summed E-state index contributed by atoms with van der Waals surface area (Å²) in [6.07, 6.45) is 3.32. The lowest BCUT2D eigenvalue weighted by Gasteiger charge is -2.40. The van der Waals surface area contributed by atoms with Gasteiger partial charge in [0.25, 0.3) is 0 Å². The second-order valence-electron chi connectivity index (χ2n) is 6.09. The zero-order chi connectivity index (χ0) is 14.0. The van der Waals surface area contributed by atoms with E-state index >= 15 is 0 Å². The third kappa shape index (κ3) is 3.67. The first-order chi connectivity index (χ1) is 8.93. The Morgan fingerprint density at radius 2 is 1.95 bits per heavy atom. The summed E-state index contributed by atoms with van der Waals surface area (Å²) in [6, 6.07) is 8.23. The summed E-state index contributed by atoms with van der Waals surface area (Å²) in [5.41, 5.74) is 0.295. The highest BCUT2D eigenvalue weighted by molar-refractivity contribution is 9.10. The van der Waals surface area contributed by atoms with Gasteiger partial charge in [-0.25, -0.2) is 0 Å². The lowest BCUT2D eigenvalue weighted by Crippen LogP contribution is -2.47. The minimum absolute atomic E-state index is 0.204. The van der Waals surface area contributed by atoms with Crippen LogP contribution in [0.4, 0.5) is 0 Å². The standard InChI is InChI=1S/C15H22BrNOS/c1-15(2)9-8-13(17-3)14(10-15)19(18)12-6-4-11(16)5-7-12/h4-7,13-14,17H,8-10H2,1-3H3. The first kappa shape index (κ1) is 15.2. The molecule has 19 heavy (non-hydrogen) atoms. The number of rotatable bonds is 3. The van der Waals surface area contributed by atoms with E-state index in [4.69, 9.17) is 0 Å². The van der Waals surface area contributed by atoms with Crippen LogP contribution in [0, 0.1) is 5.41 Å². The first-order valence-corrected chi connectivity index (χ1v) is 8.77. The van der Waals surface area contributed by atoms with E-state index in [0.717, 1.165) is 22.2 Å². The Kier molecular flexibility index (Phi) is 4.85. The highest BCUT2D eigenvalue weighted by Crippen LogP contribution is 2.38. The smallest absolute Gasteiger partial charge is 0.0576 e. The monoisotopic (exact) mass is 343 g/mol. The van der Waals surface area contributed by atoms with Crippen LogP contribution in [-0.4, -0.2) is 22.5 Å². The molecule has 0 heterocycles. The van der Waals surface area contributed by atoms with Gasteiger partial charge in [-0.3, -0.25) is 4.21 Å². The molecule has 0 radical (unpaired) electrons. The van der Waals surface area contributed by atoms with Crippen LogP contribution in [0.1, 0.15) is 33.1 Å². The van der Waals surface area contributed by atoms with Crippen molar-refractivity contribution in [2.24, 2.45) is 5.41 Å². The third-order valence-electron chi connectivity index (χ3n) is 4.03. The molecule has 1 aliphatic rings. The van der Waals surface area contributed by atoms with E-state index in [1.54, 1.807) is 0 Å². The quantitative estimate of drug-likeness (QED) is 0.905. The molecular weight excluding hydrogens is 322 g/mol. The summed E-state index contributed by atoms with van der Waals surface area (Å²) in [5.74, 6) is 0. The van der Waals surface area contributed by atoms with E-state index in [-0.39, 0.29) is 5.25 Å². The molecule has 0 spiro atoms. The van der Waals surface area contributed by atoms with Crippen molar-refractivity contribution >= 4 is 26.7 Å². The molecule has 0 amide bonds. The van der Waals surface area contributed by atoms with Gasteiger partial charge in [0.15, 0.2) is 0 Å². The Labute approximate surface area is 127 Å². The maximum atomic E-state index is 12.8. The normalized spacial score (nSPS) is 28.0. The van der Waals surface area contributed by atoms with Gasteiger partial charge in [-0.1, -0.05) is 29.8 Å². The Morgan fingerprint density at radius 1 is 1.32 bits per heavy atom. The van der Waals surface area contributed by atoms with Crippen molar-refractivity contribution in [1.29, 1.82) is 0 Å². The van der Waals surface area contributed by atoms with E-state index in [9.17, 15) is 4.21 Å². The average Bonchev–Trinajstić information content (AvgIpc) is 2.38. The number of halogens is 1. The molecule has 3 unspecified atom stereocenters. The molecule has 3 atom stereocenters. The maximum Gasteiger partial charge on any atom is 0.0576 e. The van der Waals surface area contributed by atoms with Crippen LogP contribution in [0.3, 0.4) is 0 Å². The molecule has 1 aliphatic carbocycles. The highest BCUT2D eigenvalue weighted by Gasteiger charge is 2.37. The predicted molar refractivity (Wildman–Crippen MR) is 84.8 cm³/mol. The summed E-state index contributed by atoms with van der Waals surface area (Å²) in [7, 11) is 1.04. The number of hydrogen-bond donors (Lipinski definition) is 1. The van der Waals surface area contributed by atoms with Gasteiger partial charge in [0.1, 0.15) is 0 Å². The van der Waals surface area contributed by atoms with Gasteiger partial charge >= 0.3 is 0 Å². The minimum atomic E-state index is -0.938. The van der Waals surface area contributed by atoms with Gasteiger partial charge in [-0.15, -0.1) is 0 Å². The van der Waals surface area contributed by atoms with Crippen LogP contribution in [0.25, 0.3) is 0 Å². The zero-order valence-electron chi connectivity index (χ0n) is 11.8. The fourth-order valence-corrected chi connectivity index (χ4v) is 5.01. The number of nitrogens with one attached hydrogen (secondary N) is 1. The summed E-state index contributed by atoms with van der Waals surface area (Å²) in [4.78, 5) is 0.936. The molecule has 1 aromatic rings. The van der Waals surface area contributed by atoms with E-state index in [2.05, 4.69) is 35.1 Å². The molecule has 0 bridgehead atoms. The SMILES string of the molecule is CNC1CCC(C)(C)CC1S(=O)c1ccc(Br)cc1. The highest BCUT2D eigenvalue weighted by atomic mass is 79.9. The predicted octanol–water partition coefficient (Wildman–Crippen LogP) is 3.72. The van der Waals surface area contributed by atoms with Gasteiger partial charge in [-0.05, 0) is 56.0 Å². The van der Waals surface area contributed by atoms with Gasteiger partial charge in [-0.2, -0.15) is 0 Å². The van der Waals surface area contributed by atoms with E-state index in [1.807, 2.05) is 31.3 Å². The Balaban J connectivity index is 2.21. The summed E-state index contributed by atoms with van der Waals surface area (Å²) in [6.45, 7) is 4.56. The molecule has 4 heteroatoms. The van der Waals surface area contributed by atoms with Crippen molar-refractivity contribution in [2.75, 3.05) is 7.05 Å². The van der Waals surface area contributed by atoms with Crippen LogP contribution in [-0.2, 0) is 10.8 Å². The fraction of sp³-hybridized carbons (Fsp3) is 0.600. The largest absolute Gasteiger partial charge is 0.316 e.